The molecule has 0 atom stereocenters. The van der Waals surface area contributed by atoms with Crippen LogP contribution in [-0.4, -0.2) is 49.5 Å². The van der Waals surface area contributed by atoms with Gasteiger partial charge in [-0.2, -0.15) is 0 Å². The molecule has 0 aliphatic carbocycles. The van der Waals surface area contributed by atoms with Crippen LogP contribution in [0, 0.1) is 0 Å². The monoisotopic (exact) mass is 289 g/mol. The Kier molecular flexibility index (Phi) is 4.37. The summed E-state index contributed by atoms with van der Waals surface area (Å²) in [5, 5.41) is 0. The molecular weight excluding hydrogens is 271 g/mol. The van der Waals surface area contributed by atoms with Crippen molar-refractivity contribution in [3.63, 3.8) is 0 Å². The number of hydrogen-bond donors (Lipinski definition) is 0. The molecule has 0 unspecified atom stereocenters. The third-order valence-electron chi connectivity index (χ3n) is 3.47. The number of pyridine rings is 1. The van der Waals surface area contributed by atoms with Crippen LogP contribution in [-0.2, 0) is 0 Å². The maximum absolute atomic E-state index is 12.1. The van der Waals surface area contributed by atoms with E-state index in [2.05, 4.69) is 33.6 Å². The molecule has 1 aliphatic heterocycles. The molecule has 0 N–H and O–H groups in total. The molecule has 1 fully saturated rings. The smallest absolute Gasteiger partial charge is 0.404 e. The van der Waals surface area contributed by atoms with Gasteiger partial charge in [0.05, 0.1) is 6.20 Å². The summed E-state index contributed by atoms with van der Waals surface area (Å²) in [6, 6.07) is 3.42. The van der Waals surface area contributed by atoms with Crippen molar-refractivity contribution in [2.75, 3.05) is 32.1 Å². The number of nitrogens with zero attached hydrogens (tertiary/aromatic N) is 3. The Morgan fingerprint density at radius 1 is 1.25 bits per heavy atom. The minimum atomic E-state index is -4.67. The van der Waals surface area contributed by atoms with Gasteiger partial charge in [0.1, 0.15) is 11.6 Å². The van der Waals surface area contributed by atoms with E-state index >= 15 is 0 Å². The average Bonchev–Trinajstić information content (AvgIpc) is 2.38. The van der Waals surface area contributed by atoms with E-state index in [9.17, 15) is 13.2 Å². The van der Waals surface area contributed by atoms with E-state index in [0.717, 1.165) is 32.1 Å². The SMILES string of the molecule is CN(C)C1CCN(c2ccc(OC(F)(F)F)cn2)CC1. The Morgan fingerprint density at radius 2 is 1.90 bits per heavy atom. The Labute approximate surface area is 116 Å². The number of halogens is 3. The van der Waals surface area contributed by atoms with Gasteiger partial charge in [0.2, 0.25) is 0 Å². The lowest BCUT2D eigenvalue weighted by Gasteiger charge is -2.35. The first-order valence-electron chi connectivity index (χ1n) is 6.48. The number of alkyl halides is 3. The van der Waals surface area contributed by atoms with Gasteiger partial charge >= 0.3 is 6.36 Å². The predicted molar refractivity (Wildman–Crippen MR) is 69.8 cm³/mol. The summed E-state index contributed by atoms with van der Waals surface area (Å²) in [4.78, 5) is 8.32. The van der Waals surface area contributed by atoms with E-state index in [0.29, 0.717) is 11.9 Å². The normalized spacial score (nSPS) is 17.6. The van der Waals surface area contributed by atoms with Crippen LogP contribution in [0.3, 0.4) is 0 Å². The van der Waals surface area contributed by atoms with E-state index in [4.69, 9.17) is 0 Å². The van der Waals surface area contributed by atoms with Crippen molar-refractivity contribution < 1.29 is 17.9 Å². The third kappa shape index (κ3) is 4.00. The Balaban J connectivity index is 1.94. The minimum Gasteiger partial charge on any atom is -0.404 e. The van der Waals surface area contributed by atoms with Gasteiger partial charge in [0.25, 0.3) is 0 Å². The number of ether oxygens (including phenoxy) is 1. The van der Waals surface area contributed by atoms with Crippen LogP contribution in [0.4, 0.5) is 19.0 Å². The summed E-state index contributed by atoms with van der Waals surface area (Å²) in [6.07, 6.45) is -1.51. The van der Waals surface area contributed by atoms with E-state index in [1.54, 1.807) is 6.07 Å². The standard InChI is InChI=1S/C13H18F3N3O/c1-18(2)10-5-7-19(8-6-10)12-4-3-11(9-17-12)20-13(14,15)16/h3-4,9-10H,5-8H2,1-2H3. The number of rotatable bonds is 3. The molecular formula is C13H18F3N3O. The van der Waals surface area contributed by atoms with Gasteiger partial charge in [-0.05, 0) is 39.1 Å². The highest BCUT2D eigenvalue weighted by Crippen LogP contribution is 2.25. The van der Waals surface area contributed by atoms with Gasteiger partial charge in [-0.15, -0.1) is 13.2 Å². The Bertz CT molecular complexity index is 425. The molecule has 0 bridgehead atoms. The number of anilines is 1. The van der Waals surface area contributed by atoms with Crippen molar-refractivity contribution in [3.05, 3.63) is 18.3 Å². The molecule has 1 saturated heterocycles. The summed E-state index contributed by atoms with van der Waals surface area (Å²) in [7, 11) is 4.11. The highest BCUT2D eigenvalue weighted by molar-refractivity contribution is 5.41. The fourth-order valence-electron chi connectivity index (χ4n) is 2.36. The van der Waals surface area contributed by atoms with Crippen molar-refractivity contribution in [2.45, 2.75) is 25.2 Å². The molecule has 0 radical (unpaired) electrons. The van der Waals surface area contributed by atoms with Crippen molar-refractivity contribution >= 4 is 5.82 Å². The molecule has 0 amide bonds. The van der Waals surface area contributed by atoms with Crippen LogP contribution in [0.15, 0.2) is 18.3 Å². The second kappa shape index (κ2) is 5.87. The molecule has 0 saturated carbocycles. The highest BCUT2D eigenvalue weighted by atomic mass is 19.4. The largest absolute Gasteiger partial charge is 0.573 e. The zero-order valence-corrected chi connectivity index (χ0v) is 11.5. The molecule has 112 valence electrons. The third-order valence-corrected chi connectivity index (χ3v) is 3.47. The van der Waals surface area contributed by atoms with E-state index in [1.807, 2.05) is 0 Å². The van der Waals surface area contributed by atoms with Gasteiger partial charge < -0.3 is 14.5 Å². The summed E-state index contributed by atoms with van der Waals surface area (Å²) in [5.74, 6) is 0.404. The number of piperidine rings is 1. The summed E-state index contributed by atoms with van der Waals surface area (Å²) in [5.41, 5.74) is 0. The van der Waals surface area contributed by atoms with Gasteiger partial charge in [-0.3, -0.25) is 0 Å². The first-order chi connectivity index (χ1) is 9.35. The maximum atomic E-state index is 12.1. The van der Waals surface area contributed by atoms with Gasteiger partial charge in [-0.25, -0.2) is 4.98 Å². The lowest BCUT2D eigenvalue weighted by molar-refractivity contribution is -0.274. The molecule has 1 aliphatic rings. The number of aromatic nitrogens is 1. The zero-order chi connectivity index (χ0) is 14.8. The van der Waals surface area contributed by atoms with Gasteiger partial charge in [0.15, 0.2) is 0 Å². The lowest BCUT2D eigenvalue weighted by Crippen LogP contribution is -2.42. The second-order valence-electron chi connectivity index (χ2n) is 5.08. The van der Waals surface area contributed by atoms with Crippen molar-refractivity contribution in [3.8, 4) is 5.75 Å². The molecule has 20 heavy (non-hydrogen) atoms. The molecule has 0 aromatic carbocycles. The van der Waals surface area contributed by atoms with Crippen LogP contribution < -0.4 is 9.64 Å². The highest BCUT2D eigenvalue weighted by Gasteiger charge is 2.31. The van der Waals surface area contributed by atoms with Crippen LogP contribution in [0.2, 0.25) is 0 Å². The second-order valence-corrected chi connectivity index (χ2v) is 5.08. The predicted octanol–water partition coefficient (Wildman–Crippen LogP) is 2.51. The lowest BCUT2D eigenvalue weighted by atomic mass is 10.0. The van der Waals surface area contributed by atoms with Crippen molar-refractivity contribution in [1.29, 1.82) is 0 Å². The molecule has 1 aromatic rings. The Morgan fingerprint density at radius 3 is 2.35 bits per heavy atom. The fourth-order valence-corrected chi connectivity index (χ4v) is 2.36. The molecule has 2 rings (SSSR count). The van der Waals surface area contributed by atoms with Crippen LogP contribution in [0.5, 0.6) is 5.75 Å². The molecule has 4 nitrogen and oxygen atoms in total. The van der Waals surface area contributed by atoms with Gasteiger partial charge in [0, 0.05) is 19.1 Å². The van der Waals surface area contributed by atoms with E-state index < -0.39 is 6.36 Å². The van der Waals surface area contributed by atoms with E-state index in [-0.39, 0.29) is 5.75 Å². The zero-order valence-electron chi connectivity index (χ0n) is 11.5. The van der Waals surface area contributed by atoms with Crippen LogP contribution in [0.25, 0.3) is 0 Å². The first kappa shape index (κ1) is 14.9. The number of hydrogen-bond acceptors (Lipinski definition) is 4. The molecule has 0 spiro atoms. The van der Waals surface area contributed by atoms with Gasteiger partial charge in [-0.1, -0.05) is 0 Å². The molecule has 2 heterocycles. The Hall–Kier alpha value is -1.50. The van der Waals surface area contributed by atoms with Crippen molar-refractivity contribution in [2.24, 2.45) is 0 Å². The topological polar surface area (TPSA) is 28.6 Å². The van der Waals surface area contributed by atoms with Crippen LogP contribution in [0.1, 0.15) is 12.8 Å². The fraction of sp³-hybridized carbons (Fsp3) is 0.615. The summed E-state index contributed by atoms with van der Waals surface area (Å²) < 4.78 is 40.0. The van der Waals surface area contributed by atoms with E-state index in [1.165, 1.54) is 6.07 Å². The average molecular weight is 289 g/mol. The summed E-state index contributed by atoms with van der Waals surface area (Å²) in [6.45, 7) is 1.71. The first-order valence-corrected chi connectivity index (χ1v) is 6.48. The quantitative estimate of drug-likeness (QED) is 0.855. The van der Waals surface area contributed by atoms with Crippen LogP contribution >= 0.6 is 0 Å². The minimum absolute atomic E-state index is 0.288. The molecule has 1 aromatic heterocycles. The maximum Gasteiger partial charge on any atom is 0.573 e. The summed E-state index contributed by atoms with van der Waals surface area (Å²) >= 11 is 0. The van der Waals surface area contributed by atoms with Crippen molar-refractivity contribution in [1.82, 2.24) is 9.88 Å². The molecule has 7 heteroatoms.